The van der Waals surface area contributed by atoms with Gasteiger partial charge in [-0.2, -0.15) is 0 Å². The molecule has 0 spiro atoms. The van der Waals surface area contributed by atoms with E-state index in [0.717, 1.165) is 21.7 Å². The predicted molar refractivity (Wildman–Crippen MR) is 135 cm³/mol. The zero-order valence-corrected chi connectivity index (χ0v) is 20.3. The van der Waals surface area contributed by atoms with Gasteiger partial charge in [-0.05, 0) is 58.7 Å². The first-order valence-electron chi connectivity index (χ1n) is 10.5. The van der Waals surface area contributed by atoms with Gasteiger partial charge in [-0.25, -0.2) is 0 Å². The second-order valence-corrected chi connectivity index (χ2v) is 10.9. The number of anilines is 2. The van der Waals surface area contributed by atoms with Crippen LogP contribution in [0.25, 0.3) is 0 Å². The molecule has 0 radical (unpaired) electrons. The molecule has 0 aliphatic rings. The van der Waals surface area contributed by atoms with Crippen LogP contribution in [0.15, 0.2) is 53.9 Å². The number of hydrogen-bond donors (Lipinski definition) is 4. The first-order valence-corrected chi connectivity index (χ1v) is 11.4. The van der Waals surface area contributed by atoms with Crippen LogP contribution in [-0.4, -0.2) is 16.8 Å². The van der Waals surface area contributed by atoms with Crippen LogP contribution in [0.5, 0.6) is 5.75 Å². The number of thiophene rings is 1. The van der Waals surface area contributed by atoms with E-state index in [9.17, 15) is 9.90 Å². The number of benzene rings is 2. The zero-order valence-electron chi connectivity index (χ0n) is 19.5. The van der Waals surface area contributed by atoms with Gasteiger partial charge in [-0.3, -0.25) is 10.2 Å². The van der Waals surface area contributed by atoms with Gasteiger partial charge in [0.15, 0.2) is 0 Å². The number of hydrogen-bond acceptors (Lipinski definition) is 4. The van der Waals surface area contributed by atoms with E-state index in [0.29, 0.717) is 17.1 Å². The van der Waals surface area contributed by atoms with E-state index in [-0.39, 0.29) is 22.5 Å². The van der Waals surface area contributed by atoms with Crippen molar-refractivity contribution in [3.8, 4) is 5.75 Å². The largest absolute Gasteiger partial charge is 0.507 e. The summed E-state index contributed by atoms with van der Waals surface area (Å²) in [5.41, 5.74) is 2.84. The number of amidine groups is 1. The molecule has 3 rings (SSSR count). The molecule has 0 saturated carbocycles. The molecule has 1 amide bonds. The van der Waals surface area contributed by atoms with E-state index in [1.165, 1.54) is 11.3 Å². The lowest BCUT2D eigenvalue weighted by atomic mass is 9.78. The summed E-state index contributed by atoms with van der Waals surface area (Å²) in [7, 11) is 0. The lowest BCUT2D eigenvalue weighted by Crippen LogP contribution is -2.20. The Kier molecular flexibility index (Phi) is 6.46. The average Bonchev–Trinajstić information content (AvgIpc) is 3.22. The van der Waals surface area contributed by atoms with Crippen LogP contribution in [0.3, 0.4) is 0 Å². The maximum atomic E-state index is 13.1. The van der Waals surface area contributed by atoms with E-state index >= 15 is 0 Å². The molecule has 0 aliphatic carbocycles. The van der Waals surface area contributed by atoms with Crippen molar-refractivity contribution in [1.29, 1.82) is 5.41 Å². The van der Waals surface area contributed by atoms with Crippen LogP contribution in [-0.2, 0) is 10.8 Å². The fourth-order valence-corrected chi connectivity index (χ4v) is 4.01. The normalized spacial score (nSPS) is 11.8. The SMILES string of the molecule is CC(C)(C)c1cc(C(=O)Nc2ccc(NC(=N)c3cccs3)cc2)cc(C(C)(C)C)c1O. The highest BCUT2D eigenvalue weighted by atomic mass is 32.1. The van der Waals surface area contributed by atoms with Crippen LogP contribution < -0.4 is 10.6 Å². The molecule has 6 heteroatoms. The number of carbonyl (C=O) groups is 1. The third-order valence-corrected chi connectivity index (χ3v) is 6.06. The van der Waals surface area contributed by atoms with Crippen LogP contribution in [0.2, 0.25) is 0 Å². The number of aromatic hydroxyl groups is 1. The Bertz CT molecular complexity index is 1080. The highest BCUT2D eigenvalue weighted by Crippen LogP contribution is 2.39. The van der Waals surface area contributed by atoms with Crippen molar-refractivity contribution in [2.24, 2.45) is 0 Å². The third kappa shape index (κ3) is 5.37. The van der Waals surface area contributed by atoms with Crippen molar-refractivity contribution in [3.05, 3.63) is 75.5 Å². The summed E-state index contributed by atoms with van der Waals surface area (Å²) in [5.74, 6) is 0.364. The van der Waals surface area contributed by atoms with Crippen molar-refractivity contribution in [2.75, 3.05) is 10.6 Å². The topological polar surface area (TPSA) is 85.2 Å². The highest BCUT2D eigenvalue weighted by molar-refractivity contribution is 7.12. The fraction of sp³-hybridized carbons (Fsp3) is 0.308. The van der Waals surface area contributed by atoms with E-state index < -0.39 is 0 Å². The molecule has 5 nitrogen and oxygen atoms in total. The summed E-state index contributed by atoms with van der Waals surface area (Å²) in [4.78, 5) is 13.9. The summed E-state index contributed by atoms with van der Waals surface area (Å²) in [6, 6.07) is 14.6. The molecule has 0 atom stereocenters. The van der Waals surface area contributed by atoms with Crippen molar-refractivity contribution in [2.45, 2.75) is 52.4 Å². The first kappa shape index (κ1) is 23.5. The predicted octanol–water partition coefficient (Wildman–Crippen LogP) is 6.74. The maximum Gasteiger partial charge on any atom is 0.255 e. The third-order valence-electron chi connectivity index (χ3n) is 5.17. The van der Waals surface area contributed by atoms with Crippen LogP contribution in [0.4, 0.5) is 11.4 Å². The second kappa shape index (κ2) is 8.79. The summed E-state index contributed by atoms with van der Waals surface area (Å²) in [5, 5.41) is 26.9. The molecule has 0 saturated heterocycles. The van der Waals surface area contributed by atoms with E-state index in [1.54, 1.807) is 24.3 Å². The van der Waals surface area contributed by atoms with E-state index in [1.807, 2.05) is 71.2 Å². The fourth-order valence-electron chi connectivity index (χ4n) is 3.38. The summed E-state index contributed by atoms with van der Waals surface area (Å²) in [6.07, 6.45) is 0. The summed E-state index contributed by atoms with van der Waals surface area (Å²) < 4.78 is 0. The number of phenols is 1. The summed E-state index contributed by atoms with van der Waals surface area (Å²) in [6.45, 7) is 12.1. The minimum atomic E-state index is -0.305. The quantitative estimate of drug-likeness (QED) is 0.263. The van der Waals surface area contributed by atoms with Crippen LogP contribution in [0, 0.1) is 5.41 Å². The number of amides is 1. The first-order chi connectivity index (χ1) is 14.9. The van der Waals surface area contributed by atoms with Gasteiger partial charge >= 0.3 is 0 Å². The number of phenolic OH excluding ortho intramolecular Hbond substituents is 1. The molecule has 0 fully saturated rings. The van der Waals surface area contributed by atoms with Gasteiger partial charge in [0.2, 0.25) is 0 Å². The molecule has 168 valence electrons. The lowest BCUT2D eigenvalue weighted by Gasteiger charge is -2.28. The van der Waals surface area contributed by atoms with Gasteiger partial charge in [0.1, 0.15) is 11.6 Å². The Morgan fingerprint density at radius 2 is 1.38 bits per heavy atom. The molecular formula is C26H31N3O2S. The van der Waals surface area contributed by atoms with Gasteiger partial charge in [0.05, 0.1) is 4.88 Å². The monoisotopic (exact) mass is 449 g/mol. The molecule has 32 heavy (non-hydrogen) atoms. The zero-order chi connectivity index (χ0) is 23.7. The van der Waals surface area contributed by atoms with E-state index in [4.69, 9.17) is 5.41 Å². The molecule has 4 N–H and O–H groups in total. The van der Waals surface area contributed by atoms with Crippen molar-refractivity contribution < 1.29 is 9.90 Å². The minimum absolute atomic E-state index is 0.229. The van der Waals surface area contributed by atoms with Gasteiger partial charge in [0, 0.05) is 28.1 Å². The minimum Gasteiger partial charge on any atom is -0.507 e. The molecule has 1 heterocycles. The molecular weight excluding hydrogens is 418 g/mol. The van der Waals surface area contributed by atoms with Gasteiger partial charge < -0.3 is 15.7 Å². The number of rotatable bonds is 4. The van der Waals surface area contributed by atoms with Gasteiger partial charge in [0.25, 0.3) is 5.91 Å². The highest BCUT2D eigenvalue weighted by Gasteiger charge is 2.27. The Hall–Kier alpha value is -3.12. The number of nitrogens with one attached hydrogen (secondary N) is 3. The molecule has 3 aromatic rings. The molecule has 2 aromatic carbocycles. The van der Waals surface area contributed by atoms with Gasteiger partial charge in [-0.1, -0.05) is 47.6 Å². The van der Waals surface area contributed by atoms with E-state index in [2.05, 4.69) is 10.6 Å². The Balaban J connectivity index is 1.81. The smallest absolute Gasteiger partial charge is 0.255 e. The Morgan fingerprint density at radius 3 is 1.81 bits per heavy atom. The van der Waals surface area contributed by atoms with Crippen LogP contribution >= 0.6 is 11.3 Å². The molecule has 0 aliphatic heterocycles. The Morgan fingerprint density at radius 1 is 0.875 bits per heavy atom. The molecule has 0 bridgehead atoms. The molecule has 0 unspecified atom stereocenters. The standard InChI is InChI=1S/C26H31N3O2S/c1-25(2,3)19-14-16(15-20(22(19)30)26(4,5)6)24(31)29-18-11-9-17(10-12-18)28-23(27)21-8-7-13-32-21/h7-15,30H,1-6H3,(H2,27,28)(H,29,31). The van der Waals surface area contributed by atoms with Crippen LogP contribution in [0.1, 0.15) is 67.9 Å². The lowest BCUT2D eigenvalue weighted by molar-refractivity contribution is 0.102. The molecule has 1 aromatic heterocycles. The van der Waals surface area contributed by atoms with Crippen molar-refractivity contribution in [3.63, 3.8) is 0 Å². The number of carbonyl (C=O) groups excluding carboxylic acids is 1. The summed E-state index contributed by atoms with van der Waals surface area (Å²) >= 11 is 1.50. The Labute approximate surface area is 194 Å². The second-order valence-electron chi connectivity index (χ2n) is 9.93. The van der Waals surface area contributed by atoms with Crippen molar-refractivity contribution in [1.82, 2.24) is 0 Å². The van der Waals surface area contributed by atoms with Gasteiger partial charge in [-0.15, -0.1) is 11.3 Å². The van der Waals surface area contributed by atoms with Crippen molar-refractivity contribution >= 4 is 34.5 Å². The maximum absolute atomic E-state index is 13.1. The average molecular weight is 450 g/mol.